The van der Waals surface area contributed by atoms with Crippen LogP contribution in [0.4, 0.5) is 5.69 Å². The van der Waals surface area contributed by atoms with Gasteiger partial charge < -0.3 is 11.1 Å². The van der Waals surface area contributed by atoms with Gasteiger partial charge in [0.1, 0.15) is 0 Å². The molecule has 2 heteroatoms. The minimum Gasteiger partial charge on any atom is -0.378 e. The lowest BCUT2D eigenvalue weighted by Gasteiger charge is -2.30. The minimum absolute atomic E-state index is 0.00606. The lowest BCUT2D eigenvalue weighted by molar-refractivity contribution is 0.506. The second kappa shape index (κ2) is 4.47. The third kappa shape index (κ3) is 2.48. The molecule has 1 aromatic carbocycles. The number of hydrogen-bond acceptors (Lipinski definition) is 2. The summed E-state index contributed by atoms with van der Waals surface area (Å²) >= 11 is 0. The Morgan fingerprint density at radius 1 is 1.36 bits per heavy atom. The Kier molecular flexibility index (Phi) is 3.53. The average Bonchev–Trinajstić information content (AvgIpc) is 2.21. The van der Waals surface area contributed by atoms with E-state index in [1.807, 2.05) is 12.1 Å². The fourth-order valence-corrected chi connectivity index (χ4v) is 1.32. The van der Waals surface area contributed by atoms with E-state index in [0.29, 0.717) is 6.54 Å². The van der Waals surface area contributed by atoms with E-state index in [1.54, 1.807) is 0 Å². The van der Waals surface area contributed by atoms with Gasteiger partial charge in [-0.3, -0.25) is 0 Å². The van der Waals surface area contributed by atoms with Crippen LogP contribution in [0, 0.1) is 6.92 Å². The van der Waals surface area contributed by atoms with Crippen molar-refractivity contribution in [2.75, 3.05) is 11.9 Å². The fourth-order valence-electron chi connectivity index (χ4n) is 1.32. The molecular formula is C12H20N2. The number of nitrogens with one attached hydrogen (secondary N) is 1. The van der Waals surface area contributed by atoms with Crippen molar-refractivity contribution < 1.29 is 0 Å². The molecule has 0 bridgehead atoms. The Morgan fingerprint density at radius 2 is 2.00 bits per heavy atom. The van der Waals surface area contributed by atoms with E-state index in [0.717, 1.165) is 6.42 Å². The zero-order chi connectivity index (χ0) is 10.6. The number of aryl methyl sites for hydroxylation is 1. The van der Waals surface area contributed by atoms with Gasteiger partial charge in [0.2, 0.25) is 0 Å². The summed E-state index contributed by atoms with van der Waals surface area (Å²) in [6, 6.07) is 8.29. The van der Waals surface area contributed by atoms with Gasteiger partial charge in [0, 0.05) is 17.8 Å². The van der Waals surface area contributed by atoms with Crippen LogP contribution in [0.15, 0.2) is 24.3 Å². The number of para-hydroxylation sites is 1. The lowest BCUT2D eigenvalue weighted by atomic mass is 9.98. The second-order valence-corrected chi connectivity index (χ2v) is 4.06. The van der Waals surface area contributed by atoms with Crippen molar-refractivity contribution in [3.63, 3.8) is 0 Å². The van der Waals surface area contributed by atoms with E-state index in [2.05, 4.69) is 38.2 Å². The molecule has 1 aromatic rings. The molecule has 1 rings (SSSR count). The van der Waals surface area contributed by atoms with Crippen molar-refractivity contribution in [1.29, 1.82) is 0 Å². The van der Waals surface area contributed by atoms with Gasteiger partial charge in [-0.1, -0.05) is 25.1 Å². The van der Waals surface area contributed by atoms with Gasteiger partial charge in [-0.15, -0.1) is 0 Å². The second-order valence-electron chi connectivity index (χ2n) is 4.06. The largest absolute Gasteiger partial charge is 0.378 e. The molecule has 3 N–H and O–H groups in total. The summed E-state index contributed by atoms with van der Waals surface area (Å²) in [5.41, 5.74) is 8.21. The Labute approximate surface area is 86.5 Å². The maximum atomic E-state index is 5.75. The molecule has 0 saturated carbocycles. The first-order chi connectivity index (χ1) is 6.61. The Morgan fingerprint density at radius 3 is 2.50 bits per heavy atom. The van der Waals surface area contributed by atoms with Crippen LogP contribution in [0.3, 0.4) is 0 Å². The normalized spacial score (nSPS) is 14.9. The fraction of sp³-hybridized carbons (Fsp3) is 0.500. The quantitative estimate of drug-likeness (QED) is 0.769. The SMILES string of the molecule is CCC(C)(CN)Nc1ccccc1C. The first-order valence-corrected chi connectivity index (χ1v) is 5.15. The van der Waals surface area contributed by atoms with Gasteiger partial charge in [0.15, 0.2) is 0 Å². The molecule has 0 radical (unpaired) electrons. The Hall–Kier alpha value is -1.02. The number of benzene rings is 1. The predicted molar refractivity (Wildman–Crippen MR) is 62.6 cm³/mol. The Balaban J connectivity index is 2.82. The Bertz CT molecular complexity index is 290. The summed E-state index contributed by atoms with van der Waals surface area (Å²) in [6.07, 6.45) is 1.03. The molecule has 0 aliphatic heterocycles. The highest BCUT2D eigenvalue weighted by atomic mass is 15.0. The standard InChI is InChI=1S/C12H20N2/c1-4-12(3,9-13)14-11-8-6-5-7-10(11)2/h5-8,14H,4,9,13H2,1-3H3. The molecule has 0 fully saturated rings. The van der Waals surface area contributed by atoms with Crippen LogP contribution in [-0.2, 0) is 0 Å². The molecule has 78 valence electrons. The summed E-state index contributed by atoms with van der Waals surface area (Å²) in [7, 11) is 0. The number of hydrogen-bond donors (Lipinski definition) is 2. The lowest BCUT2D eigenvalue weighted by Crippen LogP contribution is -2.41. The van der Waals surface area contributed by atoms with E-state index in [9.17, 15) is 0 Å². The molecule has 0 amide bonds. The zero-order valence-corrected chi connectivity index (χ0v) is 9.30. The minimum atomic E-state index is 0.00606. The molecule has 0 saturated heterocycles. The zero-order valence-electron chi connectivity index (χ0n) is 9.30. The molecular weight excluding hydrogens is 172 g/mol. The molecule has 1 unspecified atom stereocenters. The molecule has 2 nitrogen and oxygen atoms in total. The summed E-state index contributed by atoms with van der Waals surface area (Å²) in [5.74, 6) is 0. The highest BCUT2D eigenvalue weighted by Gasteiger charge is 2.19. The van der Waals surface area contributed by atoms with Crippen LogP contribution in [0.5, 0.6) is 0 Å². The molecule has 1 atom stereocenters. The molecule has 14 heavy (non-hydrogen) atoms. The maximum absolute atomic E-state index is 5.75. The molecule has 0 heterocycles. The van der Waals surface area contributed by atoms with Gasteiger partial charge >= 0.3 is 0 Å². The van der Waals surface area contributed by atoms with E-state index in [4.69, 9.17) is 5.73 Å². The third-order valence-corrected chi connectivity index (χ3v) is 2.81. The summed E-state index contributed by atoms with van der Waals surface area (Å²) in [5, 5.41) is 3.50. The van der Waals surface area contributed by atoms with Gasteiger partial charge in [0.25, 0.3) is 0 Å². The average molecular weight is 192 g/mol. The highest BCUT2D eigenvalue weighted by molar-refractivity contribution is 5.52. The van der Waals surface area contributed by atoms with Crippen molar-refractivity contribution in [1.82, 2.24) is 0 Å². The van der Waals surface area contributed by atoms with Gasteiger partial charge in [-0.05, 0) is 31.9 Å². The van der Waals surface area contributed by atoms with Crippen molar-refractivity contribution in [2.45, 2.75) is 32.7 Å². The number of anilines is 1. The van der Waals surface area contributed by atoms with Crippen LogP contribution in [0.2, 0.25) is 0 Å². The van der Waals surface area contributed by atoms with E-state index in [1.165, 1.54) is 11.3 Å². The number of rotatable bonds is 4. The van der Waals surface area contributed by atoms with Crippen LogP contribution in [0.1, 0.15) is 25.8 Å². The molecule has 0 spiro atoms. The van der Waals surface area contributed by atoms with Crippen molar-refractivity contribution in [3.05, 3.63) is 29.8 Å². The van der Waals surface area contributed by atoms with Crippen LogP contribution in [-0.4, -0.2) is 12.1 Å². The monoisotopic (exact) mass is 192 g/mol. The van der Waals surface area contributed by atoms with E-state index < -0.39 is 0 Å². The molecule has 0 aromatic heterocycles. The maximum Gasteiger partial charge on any atom is 0.0465 e. The van der Waals surface area contributed by atoms with Crippen LogP contribution < -0.4 is 11.1 Å². The third-order valence-electron chi connectivity index (χ3n) is 2.81. The van der Waals surface area contributed by atoms with E-state index in [-0.39, 0.29) is 5.54 Å². The topological polar surface area (TPSA) is 38.0 Å². The molecule has 0 aliphatic carbocycles. The number of nitrogens with two attached hydrogens (primary N) is 1. The summed E-state index contributed by atoms with van der Waals surface area (Å²) in [4.78, 5) is 0. The van der Waals surface area contributed by atoms with E-state index >= 15 is 0 Å². The smallest absolute Gasteiger partial charge is 0.0465 e. The van der Waals surface area contributed by atoms with Crippen LogP contribution in [0.25, 0.3) is 0 Å². The van der Waals surface area contributed by atoms with Gasteiger partial charge in [-0.2, -0.15) is 0 Å². The van der Waals surface area contributed by atoms with Crippen LogP contribution >= 0.6 is 0 Å². The van der Waals surface area contributed by atoms with Gasteiger partial charge in [-0.25, -0.2) is 0 Å². The summed E-state index contributed by atoms with van der Waals surface area (Å²) in [6.45, 7) is 7.06. The first-order valence-electron chi connectivity index (χ1n) is 5.15. The summed E-state index contributed by atoms with van der Waals surface area (Å²) < 4.78 is 0. The predicted octanol–water partition coefficient (Wildman–Crippen LogP) is 2.53. The van der Waals surface area contributed by atoms with Crippen molar-refractivity contribution in [3.8, 4) is 0 Å². The molecule has 0 aliphatic rings. The first kappa shape index (κ1) is 11.1. The van der Waals surface area contributed by atoms with Crippen molar-refractivity contribution >= 4 is 5.69 Å². The van der Waals surface area contributed by atoms with Crippen molar-refractivity contribution in [2.24, 2.45) is 5.73 Å². The highest BCUT2D eigenvalue weighted by Crippen LogP contribution is 2.20. The van der Waals surface area contributed by atoms with Gasteiger partial charge in [0.05, 0.1) is 0 Å².